The fourth-order valence-corrected chi connectivity index (χ4v) is 3.15. The number of rotatable bonds is 3. The van der Waals surface area contributed by atoms with Gasteiger partial charge in [-0.3, -0.25) is 4.31 Å². The van der Waals surface area contributed by atoms with Crippen LogP contribution in [-0.4, -0.2) is 18.4 Å². The highest BCUT2D eigenvalue weighted by Crippen LogP contribution is 2.21. The Bertz CT molecular complexity index is 589. The predicted molar refractivity (Wildman–Crippen MR) is 72.4 cm³/mol. The van der Waals surface area contributed by atoms with E-state index < -0.39 is 10.2 Å². The van der Waals surface area contributed by atoms with Gasteiger partial charge in [-0.15, -0.1) is 4.40 Å². The summed E-state index contributed by atoms with van der Waals surface area (Å²) in [7, 11) is -3.58. The van der Waals surface area contributed by atoms with Crippen molar-refractivity contribution in [2.24, 2.45) is 4.40 Å². The van der Waals surface area contributed by atoms with E-state index in [0.717, 1.165) is 5.56 Å². The fourth-order valence-electron chi connectivity index (χ4n) is 1.84. The minimum absolute atomic E-state index is 0.325. The van der Waals surface area contributed by atoms with Gasteiger partial charge in [0, 0.05) is 5.70 Å². The number of allylic oxidation sites excluding steroid dienone is 2. The van der Waals surface area contributed by atoms with Crippen molar-refractivity contribution in [1.82, 2.24) is 4.31 Å². The van der Waals surface area contributed by atoms with Crippen LogP contribution in [0.4, 0.5) is 0 Å². The summed E-state index contributed by atoms with van der Waals surface area (Å²) in [5, 5.41) is 0. The zero-order valence-corrected chi connectivity index (χ0v) is 11.3. The van der Waals surface area contributed by atoms with Gasteiger partial charge in [-0.25, -0.2) is 0 Å². The van der Waals surface area contributed by atoms with Gasteiger partial charge in [0.1, 0.15) is 0 Å². The van der Waals surface area contributed by atoms with E-state index in [9.17, 15) is 8.42 Å². The van der Waals surface area contributed by atoms with Gasteiger partial charge < -0.3 is 0 Å². The van der Waals surface area contributed by atoms with Crippen molar-refractivity contribution >= 4 is 15.9 Å². The first-order valence-electron chi connectivity index (χ1n) is 5.86. The molecule has 0 unspecified atom stereocenters. The number of benzene rings is 1. The molecule has 0 N–H and O–H groups in total. The lowest BCUT2D eigenvalue weighted by Crippen LogP contribution is -2.31. The van der Waals surface area contributed by atoms with Gasteiger partial charge in [0.15, 0.2) is 0 Å². The summed E-state index contributed by atoms with van der Waals surface area (Å²) in [6.07, 6.45) is 2.44. The Kier molecular flexibility index (Phi) is 3.52. The van der Waals surface area contributed by atoms with Crippen molar-refractivity contribution in [2.45, 2.75) is 26.8 Å². The average Bonchev–Trinajstić information content (AvgIpc) is 2.34. The smallest absolute Gasteiger partial charge is 0.252 e. The molecule has 0 saturated carbocycles. The van der Waals surface area contributed by atoms with Crippen molar-refractivity contribution < 1.29 is 8.42 Å². The van der Waals surface area contributed by atoms with Gasteiger partial charge in [0.2, 0.25) is 0 Å². The summed E-state index contributed by atoms with van der Waals surface area (Å²) in [4.78, 5) is 0. The maximum Gasteiger partial charge on any atom is 0.344 e. The van der Waals surface area contributed by atoms with Gasteiger partial charge in [-0.1, -0.05) is 37.3 Å². The molecule has 0 atom stereocenters. The molecule has 0 saturated heterocycles. The molecule has 2 rings (SSSR count). The summed E-state index contributed by atoms with van der Waals surface area (Å²) in [5.41, 5.74) is 2.27. The minimum atomic E-state index is -3.58. The topological polar surface area (TPSA) is 49.7 Å². The second-order valence-corrected chi connectivity index (χ2v) is 5.71. The molecule has 1 aliphatic heterocycles. The van der Waals surface area contributed by atoms with E-state index >= 15 is 0 Å². The summed E-state index contributed by atoms with van der Waals surface area (Å²) < 4.78 is 29.3. The van der Waals surface area contributed by atoms with E-state index in [1.54, 1.807) is 6.92 Å². The zero-order chi connectivity index (χ0) is 13.2. The van der Waals surface area contributed by atoms with Crippen molar-refractivity contribution in [3.8, 4) is 0 Å². The van der Waals surface area contributed by atoms with Crippen LogP contribution in [0.1, 0.15) is 25.8 Å². The first kappa shape index (κ1) is 12.8. The number of hydrogen-bond acceptors (Lipinski definition) is 2. The number of nitrogens with zero attached hydrogens (tertiary/aromatic N) is 2. The minimum Gasteiger partial charge on any atom is -0.252 e. The van der Waals surface area contributed by atoms with Crippen LogP contribution in [0.25, 0.3) is 0 Å². The van der Waals surface area contributed by atoms with E-state index in [-0.39, 0.29) is 0 Å². The largest absolute Gasteiger partial charge is 0.344 e. The highest BCUT2D eigenvalue weighted by Gasteiger charge is 2.25. The summed E-state index contributed by atoms with van der Waals surface area (Å²) in [5.74, 6) is 0. The summed E-state index contributed by atoms with van der Waals surface area (Å²) >= 11 is 0. The van der Waals surface area contributed by atoms with E-state index in [1.807, 2.05) is 43.3 Å². The van der Waals surface area contributed by atoms with Gasteiger partial charge in [-0.2, -0.15) is 8.42 Å². The standard InChI is InChI=1S/C13H16N2O2S/c1-3-13-9-11(2)15(18(16,17)14-13)10-12-7-5-4-6-8-12/h4-9H,3,10H2,1-2H3. The maximum atomic E-state index is 12.1. The van der Waals surface area contributed by atoms with Crippen LogP contribution in [0.2, 0.25) is 0 Å². The molecule has 0 radical (unpaired) electrons. The molecular weight excluding hydrogens is 248 g/mol. The van der Waals surface area contributed by atoms with Gasteiger partial charge >= 0.3 is 10.2 Å². The molecule has 0 fully saturated rings. The molecule has 0 aromatic heterocycles. The monoisotopic (exact) mass is 264 g/mol. The third-order valence-corrected chi connectivity index (χ3v) is 4.25. The molecule has 96 valence electrons. The Morgan fingerprint density at radius 3 is 2.44 bits per heavy atom. The van der Waals surface area contributed by atoms with Crippen LogP contribution in [0.5, 0.6) is 0 Å². The lowest BCUT2D eigenvalue weighted by Gasteiger charge is -2.26. The molecule has 1 aromatic carbocycles. The van der Waals surface area contributed by atoms with Crippen LogP contribution in [0.3, 0.4) is 0 Å². The Morgan fingerprint density at radius 2 is 1.89 bits per heavy atom. The quantitative estimate of drug-likeness (QED) is 0.842. The molecule has 1 aromatic rings. The molecule has 1 heterocycles. The maximum absolute atomic E-state index is 12.1. The van der Waals surface area contributed by atoms with Crippen LogP contribution < -0.4 is 0 Å². The average molecular weight is 264 g/mol. The first-order valence-corrected chi connectivity index (χ1v) is 7.26. The van der Waals surface area contributed by atoms with Crippen molar-refractivity contribution in [1.29, 1.82) is 0 Å². The third-order valence-electron chi connectivity index (χ3n) is 2.81. The zero-order valence-electron chi connectivity index (χ0n) is 10.5. The SMILES string of the molecule is CCC1=NS(=O)(=O)N(Cc2ccccc2)C(C)=C1. The summed E-state index contributed by atoms with van der Waals surface area (Å²) in [6, 6.07) is 9.51. The molecule has 0 bridgehead atoms. The van der Waals surface area contributed by atoms with E-state index in [1.165, 1.54) is 4.31 Å². The highest BCUT2D eigenvalue weighted by molar-refractivity contribution is 7.88. The Hall–Kier alpha value is -1.62. The second kappa shape index (κ2) is 4.94. The van der Waals surface area contributed by atoms with E-state index in [0.29, 0.717) is 24.4 Å². The molecular formula is C13H16N2O2S. The van der Waals surface area contributed by atoms with Gasteiger partial charge in [0.05, 0.1) is 12.3 Å². The molecule has 0 spiro atoms. The fraction of sp³-hybridized carbons (Fsp3) is 0.308. The molecule has 0 aliphatic carbocycles. The Balaban J connectivity index is 2.30. The molecule has 5 heteroatoms. The van der Waals surface area contributed by atoms with E-state index in [2.05, 4.69) is 4.40 Å². The van der Waals surface area contributed by atoms with Crippen LogP contribution in [-0.2, 0) is 16.8 Å². The molecule has 1 aliphatic rings. The molecule has 0 amide bonds. The van der Waals surface area contributed by atoms with Crippen LogP contribution in [0.15, 0.2) is 46.5 Å². The second-order valence-electron chi connectivity index (χ2n) is 4.19. The molecule has 18 heavy (non-hydrogen) atoms. The van der Waals surface area contributed by atoms with Gasteiger partial charge in [0.25, 0.3) is 0 Å². The van der Waals surface area contributed by atoms with Gasteiger partial charge in [-0.05, 0) is 25.0 Å². The first-order chi connectivity index (χ1) is 8.53. The summed E-state index contributed by atoms with van der Waals surface area (Å²) in [6.45, 7) is 4.02. The lowest BCUT2D eigenvalue weighted by molar-refractivity contribution is 0.472. The van der Waals surface area contributed by atoms with Crippen LogP contribution in [0, 0.1) is 0 Å². The van der Waals surface area contributed by atoms with Crippen molar-refractivity contribution in [3.05, 3.63) is 47.7 Å². The van der Waals surface area contributed by atoms with Crippen LogP contribution >= 0.6 is 0 Å². The Labute approximate surface area is 108 Å². The van der Waals surface area contributed by atoms with E-state index in [4.69, 9.17) is 0 Å². The normalized spacial score (nSPS) is 18.2. The van der Waals surface area contributed by atoms with Crippen molar-refractivity contribution in [2.75, 3.05) is 0 Å². The third kappa shape index (κ3) is 2.61. The lowest BCUT2D eigenvalue weighted by atomic mass is 10.2. The van der Waals surface area contributed by atoms with Crippen molar-refractivity contribution in [3.63, 3.8) is 0 Å². The molecule has 4 nitrogen and oxygen atoms in total. The highest BCUT2D eigenvalue weighted by atomic mass is 32.2. The number of hydrogen-bond donors (Lipinski definition) is 0. The Morgan fingerprint density at radius 1 is 1.22 bits per heavy atom. The predicted octanol–water partition coefficient (Wildman–Crippen LogP) is 2.50.